The van der Waals surface area contributed by atoms with Crippen molar-refractivity contribution in [3.05, 3.63) is 29.8 Å². The van der Waals surface area contributed by atoms with Crippen molar-refractivity contribution in [2.24, 2.45) is 16.7 Å². The number of hydrogen-bond donors (Lipinski definition) is 1. The van der Waals surface area contributed by atoms with Gasteiger partial charge in [-0.2, -0.15) is 0 Å². The molecule has 0 unspecified atom stereocenters. The molecule has 29 heavy (non-hydrogen) atoms. The van der Waals surface area contributed by atoms with Gasteiger partial charge in [-0.25, -0.2) is 0 Å². The van der Waals surface area contributed by atoms with E-state index in [0.29, 0.717) is 6.54 Å². The lowest BCUT2D eigenvalue weighted by Crippen LogP contribution is -2.48. The van der Waals surface area contributed by atoms with Crippen molar-refractivity contribution in [2.75, 3.05) is 40.3 Å². The summed E-state index contributed by atoms with van der Waals surface area (Å²) in [5.74, 6) is 1.39. The molecule has 3 aliphatic rings. The van der Waals surface area contributed by atoms with Crippen molar-refractivity contribution in [2.45, 2.75) is 39.2 Å². The molecule has 1 aromatic rings. The predicted molar refractivity (Wildman–Crippen MR) is 111 cm³/mol. The molecule has 2 saturated heterocycles. The molecule has 0 radical (unpaired) electrons. The summed E-state index contributed by atoms with van der Waals surface area (Å²) >= 11 is 0. The molecule has 2 amide bonds. The largest absolute Gasteiger partial charge is 0.497 e. The van der Waals surface area contributed by atoms with Crippen LogP contribution in [0, 0.1) is 16.7 Å². The van der Waals surface area contributed by atoms with Crippen LogP contribution in [-0.2, 0) is 16.1 Å². The fourth-order valence-electron chi connectivity index (χ4n) is 6.21. The Morgan fingerprint density at radius 1 is 1.21 bits per heavy atom. The molecule has 2 aliphatic heterocycles. The van der Waals surface area contributed by atoms with E-state index in [1.165, 1.54) is 5.56 Å². The average molecular weight is 400 g/mol. The Hall–Kier alpha value is -2.08. The highest BCUT2D eigenvalue weighted by Crippen LogP contribution is 2.62. The Labute approximate surface area is 173 Å². The highest BCUT2D eigenvalue weighted by molar-refractivity contribution is 5.85. The van der Waals surface area contributed by atoms with Crippen molar-refractivity contribution in [1.82, 2.24) is 15.1 Å². The zero-order valence-corrected chi connectivity index (χ0v) is 17.9. The smallest absolute Gasteiger partial charge is 0.228 e. The zero-order chi connectivity index (χ0) is 20.6. The first kappa shape index (κ1) is 20.2. The Kier molecular flexibility index (Phi) is 5.32. The van der Waals surface area contributed by atoms with Crippen molar-refractivity contribution >= 4 is 11.8 Å². The minimum Gasteiger partial charge on any atom is -0.497 e. The van der Waals surface area contributed by atoms with Gasteiger partial charge in [0.1, 0.15) is 5.75 Å². The second kappa shape index (κ2) is 7.63. The normalized spacial score (nSPS) is 28.4. The van der Waals surface area contributed by atoms with E-state index in [-0.39, 0.29) is 23.1 Å². The lowest BCUT2D eigenvalue weighted by molar-refractivity contribution is -0.133. The van der Waals surface area contributed by atoms with Gasteiger partial charge in [-0.15, -0.1) is 0 Å². The monoisotopic (exact) mass is 399 g/mol. The van der Waals surface area contributed by atoms with E-state index in [2.05, 4.69) is 22.3 Å². The lowest BCUT2D eigenvalue weighted by Gasteiger charge is -2.44. The van der Waals surface area contributed by atoms with Gasteiger partial charge >= 0.3 is 0 Å². The Bertz CT molecular complexity index is 787. The van der Waals surface area contributed by atoms with Crippen molar-refractivity contribution in [1.29, 1.82) is 0 Å². The van der Waals surface area contributed by atoms with Crippen LogP contribution in [-0.4, -0.2) is 62.0 Å². The topological polar surface area (TPSA) is 61.9 Å². The van der Waals surface area contributed by atoms with Gasteiger partial charge in [0, 0.05) is 33.6 Å². The SMILES string of the molecule is CNC(=O)[C@@]12CCC3(CCN(Cc4cccc(OC)c4)CC3)[C@@H]1CN(C(C)=O)C2. The number of likely N-dealkylation sites (tertiary alicyclic amines) is 2. The number of amides is 2. The fourth-order valence-corrected chi connectivity index (χ4v) is 6.21. The first-order chi connectivity index (χ1) is 13.9. The third-order valence-corrected chi connectivity index (χ3v) is 7.87. The maximum atomic E-state index is 12.9. The Morgan fingerprint density at radius 2 is 1.97 bits per heavy atom. The van der Waals surface area contributed by atoms with E-state index in [1.807, 2.05) is 17.0 Å². The quantitative estimate of drug-likeness (QED) is 0.844. The van der Waals surface area contributed by atoms with Crippen LogP contribution in [0.3, 0.4) is 0 Å². The molecule has 6 heteroatoms. The molecule has 6 nitrogen and oxygen atoms in total. The Morgan fingerprint density at radius 3 is 2.62 bits per heavy atom. The van der Waals surface area contributed by atoms with Gasteiger partial charge in [0.25, 0.3) is 0 Å². The summed E-state index contributed by atoms with van der Waals surface area (Å²) in [5, 5.41) is 2.90. The van der Waals surface area contributed by atoms with Crippen LogP contribution in [0.4, 0.5) is 0 Å². The molecule has 1 saturated carbocycles. The summed E-state index contributed by atoms with van der Waals surface area (Å²) in [7, 11) is 3.43. The molecule has 0 aromatic heterocycles. The van der Waals surface area contributed by atoms with E-state index in [0.717, 1.165) is 57.6 Å². The predicted octanol–water partition coefficient (Wildman–Crippen LogP) is 2.28. The summed E-state index contributed by atoms with van der Waals surface area (Å²) in [4.78, 5) is 29.4. The number of benzene rings is 1. The molecule has 158 valence electrons. The van der Waals surface area contributed by atoms with Crippen molar-refractivity contribution < 1.29 is 14.3 Å². The first-order valence-corrected chi connectivity index (χ1v) is 10.8. The number of rotatable bonds is 4. The maximum Gasteiger partial charge on any atom is 0.228 e. The summed E-state index contributed by atoms with van der Waals surface area (Å²) in [6, 6.07) is 8.29. The summed E-state index contributed by atoms with van der Waals surface area (Å²) < 4.78 is 5.35. The molecular formula is C23H33N3O3. The van der Waals surface area contributed by atoms with Crippen LogP contribution in [0.1, 0.15) is 38.2 Å². The summed E-state index contributed by atoms with van der Waals surface area (Å²) in [6.45, 7) is 5.95. The van der Waals surface area contributed by atoms with Crippen LogP contribution >= 0.6 is 0 Å². The number of ether oxygens (including phenoxy) is 1. The molecule has 1 aromatic carbocycles. The van der Waals surface area contributed by atoms with Gasteiger partial charge in [0.2, 0.25) is 11.8 Å². The van der Waals surface area contributed by atoms with Gasteiger partial charge in [0.15, 0.2) is 0 Å². The van der Waals surface area contributed by atoms with E-state index in [1.54, 1.807) is 21.1 Å². The zero-order valence-electron chi connectivity index (χ0n) is 17.9. The van der Waals surface area contributed by atoms with Crippen LogP contribution < -0.4 is 10.1 Å². The minimum atomic E-state index is -0.393. The van der Waals surface area contributed by atoms with Crippen molar-refractivity contribution in [3.8, 4) is 5.75 Å². The second-order valence-electron chi connectivity index (χ2n) is 9.18. The third-order valence-electron chi connectivity index (χ3n) is 7.87. The average Bonchev–Trinajstić information content (AvgIpc) is 3.27. The van der Waals surface area contributed by atoms with E-state index >= 15 is 0 Å². The standard InChI is InChI=1S/C23H33N3O3/c1-17(27)26-15-20-22(7-8-23(20,16-26)21(28)24-2)9-11-25(12-10-22)14-18-5-4-6-19(13-18)29-3/h4-6,13,20H,7-12,14-16H2,1-3H3,(H,24,28)/t20-,23+/m0/s1. The Balaban J connectivity index is 1.47. The van der Waals surface area contributed by atoms with Gasteiger partial charge in [0.05, 0.1) is 12.5 Å². The molecule has 1 aliphatic carbocycles. The lowest BCUT2D eigenvalue weighted by atomic mass is 9.65. The third kappa shape index (κ3) is 3.41. The fraction of sp³-hybridized carbons (Fsp3) is 0.652. The number of nitrogens with zero attached hydrogens (tertiary/aromatic N) is 2. The molecule has 1 N–H and O–H groups in total. The van der Waals surface area contributed by atoms with Crippen LogP contribution in [0.2, 0.25) is 0 Å². The number of hydrogen-bond acceptors (Lipinski definition) is 4. The summed E-state index contributed by atoms with van der Waals surface area (Å²) in [5.41, 5.74) is 1.06. The molecule has 4 rings (SSSR count). The summed E-state index contributed by atoms with van der Waals surface area (Å²) in [6.07, 6.45) is 4.21. The van der Waals surface area contributed by atoms with Crippen molar-refractivity contribution in [3.63, 3.8) is 0 Å². The van der Waals surface area contributed by atoms with E-state index in [4.69, 9.17) is 4.74 Å². The number of carbonyl (C=O) groups is 2. The highest BCUT2D eigenvalue weighted by atomic mass is 16.5. The minimum absolute atomic E-state index is 0.0910. The molecule has 0 bridgehead atoms. The number of fused-ring (bicyclic) bond motifs is 2. The van der Waals surface area contributed by atoms with Gasteiger partial charge < -0.3 is 15.0 Å². The van der Waals surface area contributed by atoms with Gasteiger partial charge in [-0.3, -0.25) is 14.5 Å². The van der Waals surface area contributed by atoms with E-state index in [9.17, 15) is 9.59 Å². The number of carbonyl (C=O) groups excluding carboxylic acids is 2. The molecular weight excluding hydrogens is 366 g/mol. The van der Waals surface area contributed by atoms with Crippen LogP contribution in [0.25, 0.3) is 0 Å². The van der Waals surface area contributed by atoms with Crippen LogP contribution in [0.15, 0.2) is 24.3 Å². The number of piperidine rings is 1. The van der Waals surface area contributed by atoms with E-state index < -0.39 is 5.41 Å². The molecule has 3 fully saturated rings. The second-order valence-corrected chi connectivity index (χ2v) is 9.18. The highest BCUT2D eigenvalue weighted by Gasteiger charge is 2.64. The maximum absolute atomic E-state index is 12.9. The molecule has 1 spiro atoms. The van der Waals surface area contributed by atoms with Gasteiger partial charge in [-0.1, -0.05) is 12.1 Å². The molecule has 2 atom stereocenters. The number of methoxy groups -OCH3 is 1. The first-order valence-electron chi connectivity index (χ1n) is 10.8. The van der Waals surface area contributed by atoms with Gasteiger partial charge in [-0.05, 0) is 67.8 Å². The molecule has 2 heterocycles. The number of nitrogens with one attached hydrogen (secondary N) is 1. The van der Waals surface area contributed by atoms with Crippen LogP contribution in [0.5, 0.6) is 5.75 Å².